The second-order valence-electron chi connectivity index (χ2n) is 5.52. The van der Waals surface area contributed by atoms with E-state index in [4.69, 9.17) is 17.0 Å². The zero-order chi connectivity index (χ0) is 13.6. The van der Waals surface area contributed by atoms with Crippen LogP contribution in [0.25, 0.3) is 11.2 Å². The molecule has 2 aromatic heterocycles. The summed E-state index contributed by atoms with van der Waals surface area (Å²) in [6, 6.07) is 0. The number of ether oxygens (including phenoxy) is 1. The summed E-state index contributed by atoms with van der Waals surface area (Å²) in [6.45, 7) is 8.76. The number of hydrogen-bond acceptors (Lipinski definition) is 3. The van der Waals surface area contributed by atoms with E-state index in [9.17, 15) is 0 Å². The van der Waals surface area contributed by atoms with Gasteiger partial charge in [-0.15, -0.1) is 0 Å². The van der Waals surface area contributed by atoms with Gasteiger partial charge >= 0.3 is 0 Å². The van der Waals surface area contributed by atoms with Crippen LogP contribution in [0.4, 0.5) is 0 Å². The van der Waals surface area contributed by atoms with Crippen LogP contribution in [0, 0.1) is 11.7 Å². The summed E-state index contributed by atoms with van der Waals surface area (Å²) < 4.78 is 10.8. The minimum absolute atomic E-state index is 0.107. The van der Waals surface area contributed by atoms with Crippen LogP contribution in [-0.2, 0) is 17.8 Å². The summed E-state index contributed by atoms with van der Waals surface area (Å²) in [5.74, 6) is 0. The van der Waals surface area contributed by atoms with E-state index in [1.807, 2.05) is 11.6 Å². The smallest absolute Gasteiger partial charge is 0.179 e. The van der Waals surface area contributed by atoms with Crippen molar-refractivity contribution >= 4 is 23.4 Å². The normalized spacial score (nSPS) is 23.5. The number of imidazole rings is 1. The predicted molar refractivity (Wildman–Crippen MR) is 76.9 cm³/mol. The van der Waals surface area contributed by atoms with Gasteiger partial charge in [0.1, 0.15) is 5.52 Å². The van der Waals surface area contributed by atoms with E-state index in [0.717, 1.165) is 54.2 Å². The number of nitrogens with one attached hydrogen (secondary N) is 1. The number of fused-ring (bicyclic) bond motifs is 1. The Bertz CT molecular complexity index is 660. The first-order chi connectivity index (χ1) is 9.04. The van der Waals surface area contributed by atoms with E-state index in [-0.39, 0.29) is 5.60 Å². The van der Waals surface area contributed by atoms with Crippen molar-refractivity contribution in [2.75, 3.05) is 6.61 Å². The van der Waals surface area contributed by atoms with E-state index in [0.29, 0.717) is 0 Å². The summed E-state index contributed by atoms with van der Waals surface area (Å²) in [6.07, 6.45) is 2.21. The first kappa shape index (κ1) is 12.9. The van der Waals surface area contributed by atoms with Crippen LogP contribution in [0.3, 0.4) is 0 Å². The molecule has 1 saturated heterocycles. The van der Waals surface area contributed by atoms with Crippen LogP contribution in [0.2, 0.25) is 0 Å². The highest BCUT2D eigenvalue weighted by molar-refractivity contribution is 7.71. The molecule has 3 rings (SSSR count). The zero-order valence-corrected chi connectivity index (χ0v) is 12.5. The molecular weight excluding hydrogens is 260 g/mol. The molecule has 1 fully saturated rings. The van der Waals surface area contributed by atoms with Crippen molar-refractivity contribution in [3.8, 4) is 0 Å². The Morgan fingerprint density at radius 1 is 1.53 bits per heavy atom. The summed E-state index contributed by atoms with van der Waals surface area (Å²) in [5, 5.41) is 4.54. The van der Waals surface area contributed by atoms with Crippen LogP contribution in [0.5, 0.6) is 0 Å². The molecule has 1 N–H and O–H groups in total. The van der Waals surface area contributed by atoms with Crippen LogP contribution >= 0.6 is 12.2 Å². The summed E-state index contributed by atoms with van der Waals surface area (Å²) in [5.41, 5.74) is 3.03. The van der Waals surface area contributed by atoms with Crippen molar-refractivity contribution in [2.45, 2.75) is 52.3 Å². The molecular formula is C13H20N4OS. The Labute approximate surface area is 117 Å². The highest BCUT2D eigenvalue weighted by atomic mass is 32.1. The Kier molecular flexibility index (Phi) is 3.02. The Morgan fingerprint density at radius 3 is 2.95 bits per heavy atom. The van der Waals surface area contributed by atoms with Gasteiger partial charge < -0.3 is 9.72 Å². The van der Waals surface area contributed by atoms with Gasteiger partial charge in [-0.25, -0.2) is 4.68 Å². The van der Waals surface area contributed by atoms with Gasteiger partial charge in [0, 0.05) is 13.2 Å². The Morgan fingerprint density at radius 2 is 2.32 bits per heavy atom. The number of aromatic nitrogens is 4. The molecule has 0 aromatic carbocycles. The highest BCUT2D eigenvalue weighted by Gasteiger charge is 2.31. The molecule has 1 atom stereocenters. The molecule has 0 aliphatic carbocycles. The lowest BCUT2D eigenvalue weighted by molar-refractivity contribution is 0.00656. The first-order valence-electron chi connectivity index (χ1n) is 6.84. The van der Waals surface area contributed by atoms with Gasteiger partial charge in [-0.05, 0) is 45.8 Å². The standard InChI is InChI=1S/C13H20N4OS/c1-4-17-11-10(9(2)15-17)14-12(19)16(11)8-13(3)6-5-7-18-13/h4-8H2,1-3H3,(H,14,19). The minimum atomic E-state index is -0.107. The minimum Gasteiger partial charge on any atom is -0.373 e. The molecule has 6 heteroatoms. The molecule has 104 valence electrons. The molecule has 1 aliphatic heterocycles. The maximum absolute atomic E-state index is 5.89. The average molecular weight is 280 g/mol. The van der Waals surface area contributed by atoms with Crippen LogP contribution in [0.1, 0.15) is 32.4 Å². The number of nitrogens with zero attached hydrogens (tertiary/aromatic N) is 3. The maximum Gasteiger partial charge on any atom is 0.179 e. The zero-order valence-electron chi connectivity index (χ0n) is 11.7. The van der Waals surface area contributed by atoms with Crippen molar-refractivity contribution in [1.29, 1.82) is 0 Å². The number of aromatic amines is 1. The quantitative estimate of drug-likeness (QED) is 0.879. The third kappa shape index (κ3) is 2.03. The number of hydrogen-bond donors (Lipinski definition) is 1. The molecule has 1 unspecified atom stereocenters. The average Bonchev–Trinajstić information content (AvgIpc) is 3.00. The lowest BCUT2D eigenvalue weighted by atomic mass is 10.0. The topological polar surface area (TPSA) is 47.8 Å². The van der Waals surface area contributed by atoms with Crippen molar-refractivity contribution in [3.05, 3.63) is 10.5 Å². The fourth-order valence-electron chi connectivity index (χ4n) is 2.92. The summed E-state index contributed by atoms with van der Waals surface area (Å²) in [4.78, 5) is 3.28. The van der Waals surface area contributed by atoms with Crippen LogP contribution < -0.4 is 0 Å². The van der Waals surface area contributed by atoms with Gasteiger partial charge in [0.25, 0.3) is 0 Å². The lowest BCUT2D eigenvalue weighted by Crippen LogP contribution is -2.30. The van der Waals surface area contributed by atoms with Gasteiger partial charge in [-0.2, -0.15) is 5.10 Å². The van der Waals surface area contributed by atoms with Crippen LogP contribution in [-0.4, -0.2) is 31.5 Å². The van der Waals surface area contributed by atoms with Gasteiger partial charge in [0.2, 0.25) is 0 Å². The van der Waals surface area contributed by atoms with Crippen molar-refractivity contribution in [2.24, 2.45) is 0 Å². The lowest BCUT2D eigenvalue weighted by Gasteiger charge is -2.23. The monoisotopic (exact) mass is 280 g/mol. The third-order valence-electron chi connectivity index (χ3n) is 3.93. The van der Waals surface area contributed by atoms with E-state index < -0.39 is 0 Å². The third-order valence-corrected chi connectivity index (χ3v) is 4.25. The Hall–Kier alpha value is -1.14. The molecule has 3 heterocycles. The number of H-pyrrole nitrogens is 1. The number of aryl methyl sites for hydroxylation is 2. The summed E-state index contributed by atoms with van der Waals surface area (Å²) >= 11 is 5.47. The fraction of sp³-hybridized carbons (Fsp3) is 0.692. The van der Waals surface area contributed by atoms with Crippen molar-refractivity contribution in [1.82, 2.24) is 19.3 Å². The van der Waals surface area contributed by atoms with E-state index in [1.54, 1.807) is 0 Å². The van der Waals surface area contributed by atoms with Gasteiger partial charge in [-0.3, -0.25) is 4.57 Å². The van der Waals surface area contributed by atoms with E-state index >= 15 is 0 Å². The predicted octanol–water partition coefficient (Wildman–Crippen LogP) is 2.79. The first-order valence-corrected chi connectivity index (χ1v) is 7.25. The molecule has 0 bridgehead atoms. The highest BCUT2D eigenvalue weighted by Crippen LogP contribution is 2.29. The van der Waals surface area contributed by atoms with Gasteiger partial charge in [0.05, 0.1) is 17.8 Å². The molecule has 0 saturated carbocycles. The molecule has 0 spiro atoms. The Balaban J connectivity index is 2.12. The van der Waals surface area contributed by atoms with Gasteiger partial charge in [-0.1, -0.05) is 0 Å². The SMILES string of the molecule is CCn1nc(C)c2[nH]c(=S)n(CC3(C)CCCO3)c21. The molecule has 2 aromatic rings. The molecule has 0 amide bonds. The maximum atomic E-state index is 5.89. The molecule has 19 heavy (non-hydrogen) atoms. The van der Waals surface area contributed by atoms with Crippen molar-refractivity contribution < 1.29 is 4.74 Å². The second-order valence-corrected chi connectivity index (χ2v) is 5.90. The summed E-state index contributed by atoms with van der Waals surface area (Å²) in [7, 11) is 0. The molecule has 1 aliphatic rings. The molecule has 0 radical (unpaired) electrons. The fourth-order valence-corrected chi connectivity index (χ4v) is 3.18. The van der Waals surface area contributed by atoms with Gasteiger partial charge in [0.15, 0.2) is 10.4 Å². The van der Waals surface area contributed by atoms with E-state index in [1.165, 1.54) is 0 Å². The van der Waals surface area contributed by atoms with Crippen LogP contribution in [0.15, 0.2) is 0 Å². The largest absolute Gasteiger partial charge is 0.373 e. The van der Waals surface area contributed by atoms with E-state index in [2.05, 4.69) is 28.5 Å². The van der Waals surface area contributed by atoms with Crippen molar-refractivity contribution in [3.63, 3.8) is 0 Å². The number of rotatable bonds is 3. The molecule has 5 nitrogen and oxygen atoms in total. The second kappa shape index (κ2) is 4.45.